The first-order chi connectivity index (χ1) is 8.82. The molecule has 0 saturated carbocycles. The van der Waals surface area contributed by atoms with Crippen LogP contribution in [0, 0.1) is 0 Å². The SMILES string of the molecule is CCCCNc1sc(C(=O)CC)c(N)c1S(C)(=O)=O. The highest BCUT2D eigenvalue weighted by atomic mass is 32.2. The molecule has 0 unspecified atom stereocenters. The van der Waals surface area contributed by atoms with Crippen LogP contribution in [0.15, 0.2) is 4.90 Å². The van der Waals surface area contributed by atoms with E-state index in [-0.39, 0.29) is 16.4 Å². The second-order valence-electron chi connectivity index (χ2n) is 4.33. The molecule has 0 bridgehead atoms. The Bertz CT molecular complexity index is 562. The Morgan fingerprint density at radius 3 is 2.47 bits per heavy atom. The van der Waals surface area contributed by atoms with E-state index in [9.17, 15) is 13.2 Å². The van der Waals surface area contributed by atoms with E-state index in [4.69, 9.17) is 5.73 Å². The number of nitrogens with two attached hydrogens (primary N) is 1. The minimum absolute atomic E-state index is 0.0606. The Kier molecular flexibility index (Phi) is 5.37. The number of anilines is 2. The molecule has 5 nitrogen and oxygen atoms in total. The van der Waals surface area contributed by atoms with E-state index >= 15 is 0 Å². The fraction of sp³-hybridized carbons (Fsp3) is 0.583. The van der Waals surface area contributed by atoms with Crippen LogP contribution < -0.4 is 11.1 Å². The molecule has 0 radical (unpaired) electrons. The molecule has 0 amide bonds. The summed E-state index contributed by atoms with van der Waals surface area (Å²) in [5, 5.41) is 3.55. The fourth-order valence-corrected chi connectivity index (χ4v) is 4.27. The molecule has 0 atom stereocenters. The lowest BCUT2D eigenvalue weighted by atomic mass is 10.2. The maximum atomic E-state index is 11.8. The number of carbonyl (C=O) groups excluding carboxylic acids is 1. The van der Waals surface area contributed by atoms with Crippen LogP contribution in [0.3, 0.4) is 0 Å². The van der Waals surface area contributed by atoms with E-state index in [2.05, 4.69) is 5.32 Å². The van der Waals surface area contributed by atoms with Gasteiger partial charge in [0, 0.05) is 19.2 Å². The van der Waals surface area contributed by atoms with E-state index < -0.39 is 9.84 Å². The Balaban J connectivity index is 3.24. The summed E-state index contributed by atoms with van der Waals surface area (Å²) < 4.78 is 23.6. The average Bonchev–Trinajstić information content (AvgIpc) is 2.65. The maximum Gasteiger partial charge on any atom is 0.180 e. The normalized spacial score (nSPS) is 11.5. The molecule has 1 heterocycles. The van der Waals surface area contributed by atoms with Crippen molar-refractivity contribution in [3.8, 4) is 0 Å². The van der Waals surface area contributed by atoms with Gasteiger partial charge in [-0.25, -0.2) is 8.42 Å². The zero-order chi connectivity index (χ0) is 14.6. The smallest absolute Gasteiger partial charge is 0.180 e. The van der Waals surface area contributed by atoms with Crippen LogP contribution in [0.4, 0.5) is 10.7 Å². The van der Waals surface area contributed by atoms with Crippen LogP contribution in [0.1, 0.15) is 42.8 Å². The first-order valence-corrected chi connectivity index (χ1v) is 8.93. The Labute approximate surface area is 118 Å². The molecule has 0 saturated heterocycles. The van der Waals surface area contributed by atoms with Gasteiger partial charge in [0.05, 0.1) is 10.6 Å². The third-order valence-electron chi connectivity index (χ3n) is 2.66. The number of nitrogens with one attached hydrogen (secondary N) is 1. The summed E-state index contributed by atoms with van der Waals surface area (Å²) in [6, 6.07) is 0. The van der Waals surface area contributed by atoms with E-state index in [0.29, 0.717) is 22.8 Å². The third-order valence-corrected chi connectivity index (χ3v) is 5.16. The number of nitrogen functional groups attached to an aromatic ring is 1. The molecule has 0 fully saturated rings. The molecule has 0 aromatic carbocycles. The first-order valence-electron chi connectivity index (χ1n) is 6.22. The van der Waals surface area contributed by atoms with Crippen molar-refractivity contribution in [1.29, 1.82) is 0 Å². The lowest BCUT2D eigenvalue weighted by Gasteiger charge is -2.05. The van der Waals surface area contributed by atoms with Gasteiger partial charge in [-0.05, 0) is 6.42 Å². The molecule has 108 valence electrons. The van der Waals surface area contributed by atoms with Gasteiger partial charge in [-0.2, -0.15) is 0 Å². The standard InChI is InChI=1S/C12H20N2O3S2/c1-4-6-7-14-12-11(19(3,16)17)9(13)10(18-12)8(15)5-2/h14H,4-7,13H2,1-3H3. The Morgan fingerprint density at radius 2 is 2.00 bits per heavy atom. The number of hydrogen-bond donors (Lipinski definition) is 2. The van der Waals surface area contributed by atoms with Crippen molar-refractivity contribution in [3.05, 3.63) is 4.88 Å². The summed E-state index contributed by atoms with van der Waals surface area (Å²) in [5.74, 6) is -0.129. The molecule has 19 heavy (non-hydrogen) atoms. The molecule has 0 aliphatic heterocycles. The zero-order valence-electron chi connectivity index (χ0n) is 11.4. The van der Waals surface area contributed by atoms with Crippen molar-refractivity contribution in [2.45, 2.75) is 38.0 Å². The Morgan fingerprint density at radius 1 is 1.37 bits per heavy atom. The van der Waals surface area contributed by atoms with Gasteiger partial charge in [0.15, 0.2) is 15.6 Å². The second kappa shape index (κ2) is 6.38. The van der Waals surface area contributed by atoms with E-state index in [1.807, 2.05) is 6.92 Å². The summed E-state index contributed by atoms with van der Waals surface area (Å²) in [7, 11) is -3.45. The van der Waals surface area contributed by atoms with Crippen molar-refractivity contribution in [2.75, 3.05) is 23.9 Å². The summed E-state index contributed by atoms with van der Waals surface area (Å²) in [6.45, 7) is 4.44. The molecule has 1 aromatic heterocycles. The summed E-state index contributed by atoms with van der Waals surface area (Å²) >= 11 is 1.13. The highest BCUT2D eigenvalue weighted by Gasteiger charge is 2.26. The summed E-state index contributed by atoms with van der Waals surface area (Å²) in [5.41, 5.74) is 5.92. The predicted molar refractivity (Wildman–Crippen MR) is 79.9 cm³/mol. The molecular weight excluding hydrogens is 284 g/mol. The fourth-order valence-electron chi connectivity index (χ4n) is 1.66. The number of thiophene rings is 1. The molecule has 1 rings (SSSR count). The number of hydrogen-bond acceptors (Lipinski definition) is 6. The summed E-state index contributed by atoms with van der Waals surface area (Å²) in [6.07, 6.45) is 3.35. The lowest BCUT2D eigenvalue weighted by Crippen LogP contribution is -2.07. The van der Waals surface area contributed by atoms with Crippen molar-refractivity contribution < 1.29 is 13.2 Å². The van der Waals surface area contributed by atoms with Crippen LogP contribution in [0.5, 0.6) is 0 Å². The molecule has 0 aliphatic rings. The lowest BCUT2D eigenvalue weighted by molar-refractivity contribution is 0.0992. The van der Waals surface area contributed by atoms with Crippen LogP contribution in [-0.2, 0) is 9.84 Å². The number of rotatable bonds is 7. The van der Waals surface area contributed by atoms with E-state index in [1.165, 1.54) is 0 Å². The monoisotopic (exact) mass is 304 g/mol. The number of sulfone groups is 1. The molecule has 0 spiro atoms. The Hall–Kier alpha value is -1.08. The minimum atomic E-state index is -3.45. The van der Waals surface area contributed by atoms with Crippen LogP contribution >= 0.6 is 11.3 Å². The first kappa shape index (κ1) is 16.0. The van der Waals surface area contributed by atoms with Gasteiger partial charge in [0.2, 0.25) is 0 Å². The van der Waals surface area contributed by atoms with E-state index in [0.717, 1.165) is 30.4 Å². The number of carbonyl (C=O) groups is 1. The van der Waals surface area contributed by atoms with Gasteiger partial charge in [-0.3, -0.25) is 4.79 Å². The second-order valence-corrected chi connectivity index (χ2v) is 7.31. The highest BCUT2D eigenvalue weighted by molar-refractivity contribution is 7.91. The topological polar surface area (TPSA) is 89.3 Å². The van der Waals surface area contributed by atoms with Gasteiger partial charge >= 0.3 is 0 Å². The quantitative estimate of drug-likeness (QED) is 0.597. The number of ketones is 1. The molecule has 0 aliphatic carbocycles. The zero-order valence-corrected chi connectivity index (χ0v) is 13.1. The largest absolute Gasteiger partial charge is 0.396 e. The van der Waals surface area contributed by atoms with Crippen molar-refractivity contribution in [1.82, 2.24) is 0 Å². The minimum Gasteiger partial charge on any atom is -0.396 e. The van der Waals surface area contributed by atoms with Gasteiger partial charge in [-0.15, -0.1) is 11.3 Å². The number of Topliss-reactive ketones (excluding diaryl/α,β-unsaturated/α-hetero) is 1. The van der Waals surface area contributed by atoms with Gasteiger partial charge in [0.1, 0.15) is 9.90 Å². The van der Waals surface area contributed by atoms with Crippen LogP contribution in [-0.4, -0.2) is 27.0 Å². The third kappa shape index (κ3) is 3.70. The van der Waals surface area contributed by atoms with Crippen LogP contribution in [0.2, 0.25) is 0 Å². The maximum absolute atomic E-state index is 11.8. The van der Waals surface area contributed by atoms with Gasteiger partial charge in [0.25, 0.3) is 0 Å². The van der Waals surface area contributed by atoms with Crippen molar-refractivity contribution in [2.24, 2.45) is 0 Å². The summed E-state index contributed by atoms with van der Waals surface area (Å²) in [4.78, 5) is 12.2. The number of unbranched alkanes of at least 4 members (excludes halogenated alkanes) is 1. The molecule has 7 heteroatoms. The van der Waals surface area contributed by atoms with Crippen molar-refractivity contribution in [3.63, 3.8) is 0 Å². The van der Waals surface area contributed by atoms with Gasteiger partial charge < -0.3 is 11.1 Å². The van der Waals surface area contributed by atoms with Crippen molar-refractivity contribution >= 4 is 37.6 Å². The molecular formula is C12H20N2O3S2. The van der Waals surface area contributed by atoms with E-state index in [1.54, 1.807) is 6.92 Å². The molecule has 3 N–H and O–H groups in total. The highest BCUT2D eigenvalue weighted by Crippen LogP contribution is 2.39. The predicted octanol–water partition coefficient (Wildman–Crippen LogP) is 2.54. The van der Waals surface area contributed by atoms with Crippen LogP contribution in [0.25, 0.3) is 0 Å². The van der Waals surface area contributed by atoms with Gasteiger partial charge in [-0.1, -0.05) is 20.3 Å². The molecule has 1 aromatic rings. The average molecular weight is 304 g/mol.